The van der Waals surface area contributed by atoms with E-state index in [1.54, 1.807) is 7.11 Å². The van der Waals surface area contributed by atoms with Gasteiger partial charge in [0.05, 0.1) is 18.8 Å². The zero-order chi connectivity index (χ0) is 26.7. The van der Waals surface area contributed by atoms with Gasteiger partial charge in [-0.05, 0) is 68.6 Å². The van der Waals surface area contributed by atoms with Crippen molar-refractivity contribution >= 4 is 11.9 Å². The van der Waals surface area contributed by atoms with E-state index in [1.165, 1.54) is 13.8 Å². The van der Waals surface area contributed by atoms with E-state index in [1.807, 2.05) is 6.92 Å². The Hall–Kier alpha value is -1.26. The number of methoxy groups -OCH3 is 1. The Labute approximate surface area is 216 Å². The molecule has 2 fully saturated rings. The molecule has 0 aromatic carbocycles. The van der Waals surface area contributed by atoms with E-state index >= 15 is 0 Å². The molecule has 0 radical (unpaired) electrons. The average Bonchev–Trinajstić information content (AvgIpc) is 2.82. The van der Waals surface area contributed by atoms with Crippen molar-refractivity contribution in [2.75, 3.05) is 20.3 Å². The fourth-order valence-corrected chi connectivity index (χ4v) is 6.35. The number of quaternary nitrogens is 1. The maximum Gasteiger partial charge on any atom is 0.302 e. The molecule has 1 saturated heterocycles. The maximum absolute atomic E-state index is 11.9. The highest BCUT2D eigenvalue weighted by atomic mass is 16.6. The van der Waals surface area contributed by atoms with Crippen molar-refractivity contribution in [3.05, 3.63) is 0 Å². The number of ether oxygens (including phenoxy) is 3. The average molecular weight is 516 g/mol. The lowest BCUT2D eigenvalue weighted by Gasteiger charge is -2.44. The molecule has 1 saturated carbocycles. The number of aliphatic hydroxyl groups is 2. The molecule has 1 aliphatic heterocycles. The number of piperidine rings is 1. The van der Waals surface area contributed by atoms with Crippen molar-refractivity contribution in [2.45, 2.75) is 116 Å². The summed E-state index contributed by atoms with van der Waals surface area (Å²) in [5.41, 5.74) is 6.25. The first kappa shape index (κ1) is 31.0. The lowest BCUT2D eigenvalue weighted by molar-refractivity contribution is -0.699. The van der Waals surface area contributed by atoms with Crippen molar-refractivity contribution in [3.8, 4) is 0 Å². The van der Waals surface area contributed by atoms with Crippen LogP contribution in [0.15, 0.2) is 0 Å². The molecule has 9 nitrogen and oxygen atoms in total. The number of nitrogens with two attached hydrogens (primary N) is 2. The summed E-state index contributed by atoms with van der Waals surface area (Å²) in [6.45, 7) is 5.95. The lowest BCUT2D eigenvalue weighted by atomic mass is 9.66. The van der Waals surface area contributed by atoms with Crippen LogP contribution in [0.2, 0.25) is 0 Å². The molecule has 0 aromatic rings. The SMILES string of the molecule is CCC(CO)CCC(CC(CCC1CC(OC)C(O)CC1C1CC[NH2+]C(N)C1)OC(C)=O)OC(C)=O. The van der Waals surface area contributed by atoms with Crippen LogP contribution in [0.25, 0.3) is 0 Å². The van der Waals surface area contributed by atoms with Gasteiger partial charge in [0.1, 0.15) is 18.4 Å². The number of hydrogen-bond donors (Lipinski definition) is 4. The molecule has 6 N–H and O–H groups in total. The Balaban J connectivity index is 2.09. The third kappa shape index (κ3) is 10.2. The van der Waals surface area contributed by atoms with Crippen LogP contribution >= 0.6 is 0 Å². The topological polar surface area (TPSA) is 145 Å². The van der Waals surface area contributed by atoms with Gasteiger partial charge in [-0.15, -0.1) is 0 Å². The van der Waals surface area contributed by atoms with E-state index in [9.17, 15) is 19.8 Å². The van der Waals surface area contributed by atoms with Gasteiger partial charge < -0.3 is 29.7 Å². The summed E-state index contributed by atoms with van der Waals surface area (Å²) < 4.78 is 16.9. The molecular weight excluding hydrogens is 464 g/mol. The van der Waals surface area contributed by atoms with Crippen molar-refractivity contribution in [3.63, 3.8) is 0 Å². The van der Waals surface area contributed by atoms with Gasteiger partial charge in [0.25, 0.3) is 0 Å². The van der Waals surface area contributed by atoms with Crippen LogP contribution in [0, 0.1) is 23.7 Å². The van der Waals surface area contributed by atoms with Gasteiger partial charge in [-0.25, -0.2) is 0 Å². The third-order valence-electron chi connectivity index (χ3n) is 8.36. The molecule has 2 rings (SSSR count). The van der Waals surface area contributed by atoms with Gasteiger partial charge in [-0.2, -0.15) is 0 Å². The van der Waals surface area contributed by atoms with E-state index in [4.69, 9.17) is 19.9 Å². The van der Waals surface area contributed by atoms with E-state index < -0.39 is 6.10 Å². The molecule has 210 valence electrons. The molecule has 36 heavy (non-hydrogen) atoms. The fraction of sp³-hybridized carbons (Fsp3) is 0.926. The zero-order valence-electron chi connectivity index (χ0n) is 22.8. The Kier molecular flexibility index (Phi) is 13.6. The predicted molar refractivity (Wildman–Crippen MR) is 136 cm³/mol. The first-order valence-corrected chi connectivity index (χ1v) is 13.9. The van der Waals surface area contributed by atoms with Crippen LogP contribution in [0.1, 0.15) is 85.0 Å². The Morgan fingerprint density at radius 3 is 2.28 bits per heavy atom. The third-order valence-corrected chi connectivity index (χ3v) is 8.36. The van der Waals surface area contributed by atoms with Crippen LogP contribution in [0.3, 0.4) is 0 Å². The first-order chi connectivity index (χ1) is 17.2. The van der Waals surface area contributed by atoms with Crippen LogP contribution < -0.4 is 11.1 Å². The molecule has 9 unspecified atom stereocenters. The standard InChI is InChI=1S/C27H50N2O7/c1-5-19(16-30)6-8-22(35-17(2)31)14-23(36-18(3)32)9-7-20-12-26(34-4)25(33)15-24(20)21-10-11-29-27(28)13-21/h19-27,29-30,33H,5-16,28H2,1-4H3/p+1. The number of hydrogen-bond acceptors (Lipinski definition) is 8. The van der Waals surface area contributed by atoms with Crippen molar-refractivity contribution in [1.29, 1.82) is 0 Å². The van der Waals surface area contributed by atoms with Crippen molar-refractivity contribution in [2.24, 2.45) is 29.4 Å². The summed E-state index contributed by atoms with van der Waals surface area (Å²) in [5, 5.41) is 22.4. The van der Waals surface area contributed by atoms with E-state index in [0.717, 1.165) is 45.1 Å². The highest BCUT2D eigenvalue weighted by Crippen LogP contribution is 2.42. The van der Waals surface area contributed by atoms with Gasteiger partial charge >= 0.3 is 11.9 Å². The quantitative estimate of drug-likeness (QED) is 0.255. The normalized spacial score (nSPS) is 31.3. The van der Waals surface area contributed by atoms with Crippen LogP contribution in [-0.2, 0) is 23.8 Å². The Morgan fingerprint density at radius 1 is 1.06 bits per heavy atom. The monoisotopic (exact) mass is 515 g/mol. The van der Waals surface area contributed by atoms with Crippen molar-refractivity contribution < 1.29 is 39.3 Å². The maximum atomic E-state index is 11.9. The Bertz CT molecular complexity index is 660. The van der Waals surface area contributed by atoms with Gasteiger partial charge in [-0.3, -0.25) is 15.3 Å². The van der Waals surface area contributed by atoms with Gasteiger partial charge in [-0.1, -0.05) is 13.3 Å². The number of carbonyl (C=O) groups is 2. The smallest absolute Gasteiger partial charge is 0.302 e. The summed E-state index contributed by atoms with van der Waals surface area (Å²) in [6, 6.07) is 0. The minimum atomic E-state index is -0.478. The lowest BCUT2D eigenvalue weighted by Crippen LogP contribution is -2.94. The minimum absolute atomic E-state index is 0.103. The first-order valence-electron chi connectivity index (χ1n) is 13.9. The number of carbonyl (C=O) groups excluding carboxylic acids is 2. The molecular formula is C27H51N2O7+. The molecule has 1 heterocycles. The molecule has 0 aromatic heterocycles. The second-order valence-corrected chi connectivity index (χ2v) is 11.0. The van der Waals surface area contributed by atoms with Crippen LogP contribution in [0.4, 0.5) is 0 Å². The van der Waals surface area contributed by atoms with Gasteiger partial charge in [0, 0.05) is 40.4 Å². The molecule has 1 aliphatic carbocycles. The number of esters is 2. The van der Waals surface area contributed by atoms with E-state index in [2.05, 4.69) is 5.32 Å². The van der Waals surface area contributed by atoms with Gasteiger partial charge in [0.2, 0.25) is 0 Å². The molecule has 9 heteroatoms. The highest BCUT2D eigenvalue weighted by Gasteiger charge is 2.42. The zero-order valence-corrected chi connectivity index (χ0v) is 22.8. The van der Waals surface area contributed by atoms with Crippen LogP contribution in [0.5, 0.6) is 0 Å². The van der Waals surface area contributed by atoms with E-state index in [0.29, 0.717) is 43.4 Å². The molecule has 0 bridgehead atoms. The second kappa shape index (κ2) is 15.9. The molecule has 0 amide bonds. The molecule has 2 aliphatic rings. The predicted octanol–water partition coefficient (Wildman–Crippen LogP) is 1.48. The summed E-state index contributed by atoms with van der Waals surface area (Å²) in [5.74, 6) is 0.611. The van der Waals surface area contributed by atoms with E-state index in [-0.39, 0.29) is 48.9 Å². The molecule has 0 spiro atoms. The van der Waals surface area contributed by atoms with Crippen LogP contribution in [-0.4, -0.2) is 73.0 Å². The molecule has 9 atom stereocenters. The fourth-order valence-electron chi connectivity index (χ4n) is 6.35. The summed E-state index contributed by atoms with van der Waals surface area (Å²) >= 11 is 0. The number of rotatable bonds is 14. The Morgan fingerprint density at radius 2 is 1.72 bits per heavy atom. The second-order valence-electron chi connectivity index (χ2n) is 11.0. The summed E-state index contributed by atoms with van der Waals surface area (Å²) in [7, 11) is 1.65. The largest absolute Gasteiger partial charge is 0.462 e. The van der Waals surface area contributed by atoms with Crippen molar-refractivity contribution in [1.82, 2.24) is 0 Å². The highest BCUT2D eigenvalue weighted by molar-refractivity contribution is 5.66. The summed E-state index contributed by atoms with van der Waals surface area (Å²) in [4.78, 5) is 23.7. The number of aliphatic hydroxyl groups excluding tert-OH is 2. The minimum Gasteiger partial charge on any atom is -0.462 e. The summed E-state index contributed by atoms with van der Waals surface area (Å²) in [6.07, 6.45) is 6.37. The van der Waals surface area contributed by atoms with Gasteiger partial charge in [0.15, 0.2) is 0 Å².